The number of aryl methyl sites for hydroxylation is 1. The Kier molecular flexibility index (Phi) is 10.2. The molecule has 34 heavy (non-hydrogen) atoms. The van der Waals surface area contributed by atoms with Crippen LogP contribution in [-0.4, -0.2) is 57.0 Å². The second-order valence-electron chi connectivity index (χ2n) is 8.53. The minimum atomic E-state index is -4.37. The molecule has 0 amide bonds. The quantitative estimate of drug-likeness (QED) is 0.302. The maximum absolute atomic E-state index is 12.5. The van der Waals surface area contributed by atoms with Crippen LogP contribution in [0.4, 0.5) is 0 Å². The van der Waals surface area contributed by atoms with Crippen molar-refractivity contribution in [2.24, 2.45) is 0 Å². The molecular weight excluding hydrogens is 505 g/mol. The van der Waals surface area contributed by atoms with Gasteiger partial charge in [0.05, 0.1) is 4.90 Å². The van der Waals surface area contributed by atoms with Crippen LogP contribution in [-0.2, 0) is 26.6 Å². The van der Waals surface area contributed by atoms with Crippen LogP contribution in [0.5, 0.6) is 0 Å². The number of hydrogen-bond acceptors (Lipinski definition) is 4. The molecule has 6 nitrogen and oxygen atoms in total. The molecule has 2 N–H and O–H groups in total. The number of sulfonamides is 1. The van der Waals surface area contributed by atoms with Crippen molar-refractivity contribution in [2.75, 3.05) is 0 Å². The Morgan fingerprint density at radius 3 is 2.06 bits per heavy atom. The van der Waals surface area contributed by atoms with E-state index in [0.717, 1.165) is 16.7 Å². The molecule has 2 aliphatic carbocycles. The van der Waals surface area contributed by atoms with E-state index in [-0.39, 0.29) is 51.3 Å². The van der Waals surface area contributed by atoms with Crippen LogP contribution in [0.2, 0.25) is 5.02 Å². The van der Waals surface area contributed by atoms with Crippen molar-refractivity contribution in [3.63, 3.8) is 0 Å². The third kappa shape index (κ3) is 7.27. The van der Waals surface area contributed by atoms with Crippen molar-refractivity contribution in [3.8, 4) is 11.1 Å². The van der Waals surface area contributed by atoms with E-state index in [1.807, 2.05) is 18.2 Å². The molecule has 10 heteroatoms. The number of nitrogens with one attached hydrogen (secondary N) is 1. The molecule has 1 atom stereocenters. The van der Waals surface area contributed by atoms with E-state index in [2.05, 4.69) is 18.6 Å². The molecule has 0 saturated heterocycles. The summed E-state index contributed by atoms with van der Waals surface area (Å²) in [6, 6.07) is 14.6. The average molecular weight is 534 g/mol. The number of rotatable bonds is 9. The Bertz CT molecular complexity index is 1310. The van der Waals surface area contributed by atoms with Crippen molar-refractivity contribution in [1.82, 2.24) is 4.72 Å². The molecule has 3 rings (SSSR count). The van der Waals surface area contributed by atoms with Gasteiger partial charge in [0.15, 0.2) is 0 Å². The first-order valence-electron chi connectivity index (χ1n) is 10.7. The van der Waals surface area contributed by atoms with Crippen LogP contribution in [0.15, 0.2) is 64.4 Å². The van der Waals surface area contributed by atoms with Crippen LogP contribution in [0.3, 0.4) is 0 Å². The molecule has 1 aromatic rings. The van der Waals surface area contributed by atoms with E-state index in [0.29, 0.717) is 29.8 Å². The average Bonchev–Trinajstić information content (AvgIpc) is 2.91. The van der Waals surface area contributed by atoms with Crippen LogP contribution in [0.1, 0.15) is 50.7 Å². The first-order chi connectivity index (χ1) is 15.4. The van der Waals surface area contributed by atoms with Gasteiger partial charge in [-0.1, -0.05) is 49.7 Å². The van der Waals surface area contributed by atoms with E-state index < -0.39 is 20.1 Å². The number of benzene rings is 1. The van der Waals surface area contributed by atoms with Crippen molar-refractivity contribution < 1.29 is 21.4 Å². The Morgan fingerprint density at radius 1 is 0.912 bits per heavy atom. The van der Waals surface area contributed by atoms with Gasteiger partial charge in [-0.05, 0) is 79.1 Å². The first kappa shape index (κ1) is 29.3. The van der Waals surface area contributed by atoms with Crippen molar-refractivity contribution >= 4 is 61.3 Å². The molecule has 0 heterocycles. The van der Waals surface area contributed by atoms with Crippen LogP contribution >= 0.6 is 11.6 Å². The summed E-state index contributed by atoms with van der Waals surface area (Å²) < 4.78 is 61.4. The summed E-state index contributed by atoms with van der Waals surface area (Å²) in [7, 11) is -8.04. The monoisotopic (exact) mass is 533 g/mol. The maximum atomic E-state index is 12.5. The molecule has 1 aromatic carbocycles. The number of fused-ring (bicyclic) bond motifs is 1. The van der Waals surface area contributed by atoms with Crippen LogP contribution in [0, 0.1) is 0 Å². The van der Waals surface area contributed by atoms with Gasteiger partial charge < -0.3 is 0 Å². The Morgan fingerprint density at radius 2 is 1.50 bits per heavy atom. The number of halogens is 1. The summed E-state index contributed by atoms with van der Waals surface area (Å²) in [6.07, 6.45) is 1.72. The molecule has 1 unspecified atom stereocenters. The zero-order valence-corrected chi connectivity index (χ0v) is 21.1. The number of hydrogen-bond donors (Lipinski definition) is 2. The zero-order valence-electron chi connectivity index (χ0n) is 18.7. The molecule has 0 bridgehead atoms. The minimum absolute atomic E-state index is 0. The second kappa shape index (κ2) is 11.8. The summed E-state index contributed by atoms with van der Waals surface area (Å²) >= 11 is 5.83. The fourth-order valence-corrected chi connectivity index (χ4v) is 5.96. The molecule has 0 radical (unpaired) electrons. The third-order valence-electron chi connectivity index (χ3n) is 5.60. The summed E-state index contributed by atoms with van der Waals surface area (Å²) in [5, 5.41) is 0.460. The molecule has 0 aliphatic heterocycles. The first-order valence-corrected chi connectivity index (χ1v) is 14.0. The fraction of sp³-hybridized carbons (Fsp3) is 0.333. The standard InChI is InChI=1S/C24H28ClNO5S2.Na.H/c1-16(2)18-7-13-22-19(15-24(33(29,30)31)23(22)14-8-18)6-4-5-17(3)26-32(27,28)21-11-9-20(25)10-12-21;;/h7-17,26H,4-6H2,1-3H3,(H,29,30,31);;. The van der Waals surface area contributed by atoms with Crippen molar-refractivity contribution in [2.45, 2.75) is 61.8 Å². The van der Waals surface area contributed by atoms with Gasteiger partial charge in [-0.15, -0.1) is 0 Å². The zero-order chi connectivity index (χ0) is 24.4. The Labute approximate surface area is 229 Å². The SMILES string of the molecule is CC(CCCc1cc(S(=O)(=O)O)c2ccc(C(C)C)ccc1-2)NS(=O)(=O)c1ccc(Cl)cc1.[NaH]. The molecule has 0 saturated carbocycles. The molecule has 180 valence electrons. The summed E-state index contributed by atoms with van der Waals surface area (Å²) in [5.74, 6) is 0.272. The van der Waals surface area contributed by atoms with Gasteiger partial charge in [0, 0.05) is 16.6 Å². The van der Waals surface area contributed by atoms with Crippen molar-refractivity contribution in [1.29, 1.82) is 0 Å². The summed E-state index contributed by atoms with van der Waals surface area (Å²) in [4.78, 5) is 0.0434. The normalized spacial score (nSPS) is 13.1. The van der Waals surface area contributed by atoms with Crippen LogP contribution < -0.4 is 4.72 Å². The fourth-order valence-electron chi connectivity index (χ4n) is 3.81. The van der Waals surface area contributed by atoms with Gasteiger partial charge in [-0.3, -0.25) is 4.55 Å². The van der Waals surface area contributed by atoms with Gasteiger partial charge in [-0.2, -0.15) is 8.42 Å². The predicted molar refractivity (Wildman–Crippen MR) is 138 cm³/mol. The predicted octanol–water partition coefficient (Wildman–Crippen LogP) is 4.86. The van der Waals surface area contributed by atoms with Gasteiger partial charge in [0.2, 0.25) is 10.0 Å². The molecule has 2 aliphatic rings. The van der Waals surface area contributed by atoms with E-state index in [1.54, 1.807) is 13.0 Å². The van der Waals surface area contributed by atoms with E-state index >= 15 is 0 Å². The molecular formula is C24H29ClNNaO5S2. The Hall–Kier alpha value is -0.970. The van der Waals surface area contributed by atoms with E-state index in [1.165, 1.54) is 30.3 Å². The third-order valence-corrected chi connectivity index (χ3v) is 8.35. The van der Waals surface area contributed by atoms with E-state index in [4.69, 9.17) is 11.6 Å². The second-order valence-corrected chi connectivity index (χ2v) is 12.1. The molecule has 0 fully saturated rings. The molecule has 0 spiro atoms. The van der Waals surface area contributed by atoms with E-state index in [9.17, 15) is 21.4 Å². The molecule has 0 aromatic heterocycles. The topological polar surface area (TPSA) is 101 Å². The van der Waals surface area contributed by atoms with Gasteiger partial charge in [0.25, 0.3) is 10.1 Å². The van der Waals surface area contributed by atoms with Gasteiger partial charge in [0.1, 0.15) is 4.90 Å². The Balaban J connectivity index is 0.00000408. The van der Waals surface area contributed by atoms with Gasteiger partial charge >= 0.3 is 29.6 Å². The summed E-state index contributed by atoms with van der Waals surface area (Å²) in [5.41, 5.74) is 3.11. The summed E-state index contributed by atoms with van der Waals surface area (Å²) in [6.45, 7) is 5.89. The van der Waals surface area contributed by atoms with Crippen LogP contribution in [0.25, 0.3) is 11.1 Å². The van der Waals surface area contributed by atoms with Crippen molar-refractivity contribution in [3.05, 3.63) is 70.7 Å². The van der Waals surface area contributed by atoms with Gasteiger partial charge in [-0.25, -0.2) is 13.1 Å².